The van der Waals surface area contributed by atoms with Gasteiger partial charge in [-0.3, -0.25) is 25.0 Å². The maximum Gasteiger partial charge on any atom is 0.242 e. The molecule has 7 nitrogen and oxygen atoms in total. The molecule has 0 aromatic heterocycles. The van der Waals surface area contributed by atoms with Gasteiger partial charge >= 0.3 is 0 Å². The van der Waals surface area contributed by atoms with Crippen molar-refractivity contribution < 1.29 is 18.7 Å². The molecule has 2 N–H and O–H groups in total. The molecule has 0 bridgehead atoms. The highest BCUT2D eigenvalue weighted by atomic mass is 19.1. The van der Waals surface area contributed by atoms with Gasteiger partial charge in [0, 0.05) is 17.8 Å². The highest BCUT2D eigenvalue weighted by Crippen LogP contribution is 2.27. The molecular formula is C19H23FN4O3. The van der Waals surface area contributed by atoms with Gasteiger partial charge in [-0.1, -0.05) is 12.1 Å². The first-order valence-electron chi connectivity index (χ1n) is 8.93. The van der Waals surface area contributed by atoms with Gasteiger partial charge in [-0.05, 0) is 38.0 Å². The van der Waals surface area contributed by atoms with Crippen molar-refractivity contribution in [3.8, 4) is 5.75 Å². The van der Waals surface area contributed by atoms with Crippen LogP contribution in [0.1, 0.15) is 33.1 Å². The third kappa shape index (κ3) is 4.45. The zero-order valence-corrected chi connectivity index (χ0v) is 15.4. The number of para-hydroxylation sites is 1. The van der Waals surface area contributed by atoms with Crippen LogP contribution in [0.4, 0.5) is 4.39 Å². The van der Waals surface area contributed by atoms with Crippen molar-refractivity contribution in [2.24, 2.45) is 4.99 Å². The highest BCUT2D eigenvalue weighted by molar-refractivity contribution is 6.00. The molecular weight excluding hydrogens is 351 g/mol. The van der Waals surface area contributed by atoms with Gasteiger partial charge in [0.05, 0.1) is 13.0 Å². The lowest BCUT2D eigenvalue weighted by atomic mass is 10.0. The Labute approximate surface area is 157 Å². The Morgan fingerprint density at radius 1 is 1.41 bits per heavy atom. The average molecular weight is 374 g/mol. The Bertz CT molecular complexity index is 806. The van der Waals surface area contributed by atoms with Gasteiger partial charge in [0.2, 0.25) is 11.8 Å². The first-order chi connectivity index (χ1) is 13.0. The van der Waals surface area contributed by atoms with E-state index in [-0.39, 0.29) is 30.3 Å². The molecule has 8 heteroatoms. The minimum atomic E-state index is -0.425. The Morgan fingerprint density at radius 3 is 2.96 bits per heavy atom. The van der Waals surface area contributed by atoms with E-state index < -0.39 is 5.82 Å². The summed E-state index contributed by atoms with van der Waals surface area (Å²) in [6, 6.07) is 6.15. The van der Waals surface area contributed by atoms with Crippen molar-refractivity contribution in [2.45, 2.75) is 39.3 Å². The van der Waals surface area contributed by atoms with Crippen LogP contribution in [-0.2, 0) is 9.59 Å². The zero-order chi connectivity index (χ0) is 19.4. The van der Waals surface area contributed by atoms with Gasteiger partial charge in [-0.15, -0.1) is 0 Å². The molecule has 144 valence electrons. The lowest BCUT2D eigenvalue weighted by Gasteiger charge is -2.30. The topological polar surface area (TPSA) is 83.0 Å². The molecule has 3 rings (SSSR count). The SMILES string of the molecule is CC1=NC2CC(=O)NN2C(C)=C1CCC(=O)NCCOc1ccccc1F. The standard InChI is InChI=1S/C19H23FN4O3/c1-12-14(13(2)24-17(22-12)11-19(26)23-24)7-8-18(25)21-9-10-27-16-6-4-3-5-15(16)20/h3-6,17H,7-11H2,1-2H3,(H,21,25)(H,23,26). The molecule has 0 aliphatic carbocycles. The van der Waals surface area contributed by atoms with Crippen LogP contribution in [0, 0.1) is 5.82 Å². The van der Waals surface area contributed by atoms with Crippen molar-refractivity contribution in [1.29, 1.82) is 0 Å². The molecule has 2 heterocycles. The summed E-state index contributed by atoms with van der Waals surface area (Å²) in [5.41, 5.74) is 5.54. The van der Waals surface area contributed by atoms with E-state index in [0.29, 0.717) is 25.8 Å². The second kappa shape index (κ2) is 8.20. The Kier molecular flexibility index (Phi) is 5.73. The van der Waals surface area contributed by atoms with Gasteiger partial charge in [0.25, 0.3) is 0 Å². The van der Waals surface area contributed by atoms with Crippen molar-refractivity contribution in [3.05, 3.63) is 41.4 Å². The van der Waals surface area contributed by atoms with E-state index in [1.165, 1.54) is 6.07 Å². The van der Waals surface area contributed by atoms with E-state index in [0.717, 1.165) is 17.0 Å². The van der Waals surface area contributed by atoms with Crippen LogP contribution >= 0.6 is 0 Å². The summed E-state index contributed by atoms with van der Waals surface area (Å²) in [6.45, 7) is 4.31. The number of fused-ring (bicyclic) bond motifs is 1. The number of ether oxygens (including phenoxy) is 1. The molecule has 2 aliphatic rings. The molecule has 0 radical (unpaired) electrons. The quantitative estimate of drug-likeness (QED) is 0.715. The van der Waals surface area contributed by atoms with Crippen LogP contribution in [-0.4, -0.2) is 41.9 Å². The number of carbonyl (C=O) groups is 2. The second-order valence-electron chi connectivity index (χ2n) is 6.50. The monoisotopic (exact) mass is 374 g/mol. The van der Waals surface area contributed by atoms with E-state index in [9.17, 15) is 14.0 Å². The number of carbonyl (C=O) groups excluding carboxylic acids is 2. The summed E-state index contributed by atoms with van der Waals surface area (Å²) < 4.78 is 18.7. The van der Waals surface area contributed by atoms with E-state index >= 15 is 0 Å². The van der Waals surface area contributed by atoms with Crippen molar-refractivity contribution in [2.75, 3.05) is 13.2 Å². The normalized spacial score (nSPS) is 18.8. The lowest BCUT2D eigenvalue weighted by molar-refractivity contribution is -0.121. The minimum Gasteiger partial charge on any atom is -0.489 e. The largest absolute Gasteiger partial charge is 0.489 e. The van der Waals surface area contributed by atoms with Gasteiger partial charge in [0.1, 0.15) is 12.8 Å². The number of hydrogen-bond acceptors (Lipinski definition) is 5. The number of hydrogen-bond donors (Lipinski definition) is 2. The predicted octanol–water partition coefficient (Wildman–Crippen LogP) is 1.91. The van der Waals surface area contributed by atoms with E-state index in [2.05, 4.69) is 15.7 Å². The predicted molar refractivity (Wildman–Crippen MR) is 98.3 cm³/mol. The van der Waals surface area contributed by atoms with E-state index in [1.807, 2.05) is 13.8 Å². The zero-order valence-electron chi connectivity index (χ0n) is 15.4. The lowest BCUT2D eigenvalue weighted by Crippen LogP contribution is -2.40. The minimum absolute atomic E-state index is 0.0512. The van der Waals surface area contributed by atoms with Crippen molar-refractivity contribution >= 4 is 17.5 Å². The number of benzene rings is 1. The van der Waals surface area contributed by atoms with Crippen LogP contribution in [0.5, 0.6) is 5.75 Å². The summed E-state index contributed by atoms with van der Waals surface area (Å²) in [5, 5.41) is 4.53. The fraction of sp³-hybridized carbons (Fsp3) is 0.421. The maximum atomic E-state index is 13.4. The molecule has 1 aromatic carbocycles. The van der Waals surface area contributed by atoms with Gasteiger partial charge in [-0.25, -0.2) is 4.39 Å². The summed E-state index contributed by atoms with van der Waals surface area (Å²) >= 11 is 0. The van der Waals surface area contributed by atoms with Crippen LogP contribution in [0.2, 0.25) is 0 Å². The molecule has 0 saturated carbocycles. The molecule has 1 fully saturated rings. The van der Waals surface area contributed by atoms with Gasteiger partial charge in [-0.2, -0.15) is 0 Å². The van der Waals surface area contributed by atoms with Crippen LogP contribution in [0.15, 0.2) is 40.5 Å². The number of amides is 2. The number of rotatable bonds is 7. The average Bonchev–Trinajstić information content (AvgIpc) is 3.00. The molecule has 27 heavy (non-hydrogen) atoms. The number of nitrogens with one attached hydrogen (secondary N) is 2. The van der Waals surface area contributed by atoms with Crippen molar-refractivity contribution in [3.63, 3.8) is 0 Å². The van der Waals surface area contributed by atoms with E-state index in [1.54, 1.807) is 23.2 Å². The molecule has 0 spiro atoms. The third-order valence-corrected chi connectivity index (χ3v) is 4.61. The summed E-state index contributed by atoms with van der Waals surface area (Å²) in [4.78, 5) is 28.2. The van der Waals surface area contributed by atoms with Crippen LogP contribution in [0.25, 0.3) is 0 Å². The Morgan fingerprint density at radius 2 is 2.19 bits per heavy atom. The first-order valence-corrected chi connectivity index (χ1v) is 8.93. The van der Waals surface area contributed by atoms with Crippen LogP contribution in [0.3, 0.4) is 0 Å². The van der Waals surface area contributed by atoms with E-state index in [4.69, 9.17) is 4.74 Å². The Balaban J connectivity index is 1.44. The molecule has 1 aromatic rings. The molecule has 2 aliphatic heterocycles. The molecule has 1 atom stereocenters. The number of halogens is 1. The van der Waals surface area contributed by atoms with Gasteiger partial charge < -0.3 is 10.1 Å². The summed E-state index contributed by atoms with van der Waals surface area (Å²) in [6.07, 6.45) is 0.988. The number of allylic oxidation sites excluding steroid dienone is 2. The maximum absolute atomic E-state index is 13.4. The second-order valence-corrected chi connectivity index (χ2v) is 6.50. The Hall–Kier alpha value is -2.90. The highest BCUT2D eigenvalue weighted by Gasteiger charge is 2.34. The summed E-state index contributed by atoms with van der Waals surface area (Å²) in [5.74, 6) is -0.424. The van der Waals surface area contributed by atoms with Crippen LogP contribution < -0.4 is 15.5 Å². The fourth-order valence-corrected chi connectivity index (χ4v) is 3.23. The summed E-state index contributed by atoms with van der Waals surface area (Å²) in [7, 11) is 0. The molecule has 2 amide bonds. The third-order valence-electron chi connectivity index (χ3n) is 4.61. The number of aliphatic imine (C=N–C) groups is 1. The molecule has 1 unspecified atom stereocenters. The van der Waals surface area contributed by atoms with Crippen molar-refractivity contribution in [1.82, 2.24) is 15.8 Å². The first kappa shape index (κ1) is 18.9. The fourth-order valence-electron chi connectivity index (χ4n) is 3.23. The van der Waals surface area contributed by atoms with Gasteiger partial charge in [0.15, 0.2) is 11.6 Å². The molecule has 1 saturated heterocycles. The number of hydrazine groups is 1. The smallest absolute Gasteiger partial charge is 0.242 e. The number of nitrogens with zero attached hydrogens (tertiary/aromatic N) is 2.